The Morgan fingerprint density at radius 1 is 1.28 bits per heavy atom. The molecule has 0 aliphatic carbocycles. The van der Waals surface area contributed by atoms with E-state index >= 15 is 0 Å². The zero-order valence-corrected chi connectivity index (χ0v) is 9.74. The minimum Gasteiger partial charge on any atom is -0.381 e. The Labute approximate surface area is 103 Å². The van der Waals surface area contributed by atoms with Gasteiger partial charge in [0, 0.05) is 24.5 Å². The van der Waals surface area contributed by atoms with E-state index in [1.165, 1.54) is 0 Å². The van der Waals surface area contributed by atoms with Gasteiger partial charge in [-0.25, -0.2) is 13.8 Å². The number of nitrogen functional groups attached to an aromatic ring is 1. The van der Waals surface area contributed by atoms with Crippen LogP contribution in [0.25, 0.3) is 0 Å². The predicted molar refractivity (Wildman–Crippen MR) is 64.9 cm³/mol. The zero-order valence-electron chi connectivity index (χ0n) is 9.74. The van der Waals surface area contributed by atoms with Gasteiger partial charge < -0.3 is 11.1 Å². The normalized spacial score (nSPS) is 10.4. The van der Waals surface area contributed by atoms with E-state index in [4.69, 9.17) is 5.73 Å². The topological polar surface area (TPSA) is 63.8 Å². The molecule has 2 rings (SSSR count). The third-order valence-electron chi connectivity index (χ3n) is 2.39. The number of pyridine rings is 2. The molecule has 2 heterocycles. The van der Waals surface area contributed by atoms with Crippen LogP contribution in [0.4, 0.5) is 20.4 Å². The van der Waals surface area contributed by atoms with E-state index in [-0.39, 0.29) is 11.6 Å². The molecule has 0 saturated carbocycles. The van der Waals surface area contributed by atoms with Crippen LogP contribution >= 0.6 is 0 Å². The third kappa shape index (κ3) is 2.71. The van der Waals surface area contributed by atoms with Crippen molar-refractivity contribution >= 4 is 11.6 Å². The van der Waals surface area contributed by atoms with Gasteiger partial charge in [0.05, 0.1) is 0 Å². The standard InChI is InChI=1S/C12H12F2N4/c1-7-2-3-8(5-16-7)6-17-12-10(14)4-9(13)11(15)18-12/h2-5H,6H2,1H3,(H3,15,17,18). The lowest BCUT2D eigenvalue weighted by Crippen LogP contribution is -2.07. The molecule has 6 heteroatoms. The van der Waals surface area contributed by atoms with Gasteiger partial charge in [-0.15, -0.1) is 0 Å². The van der Waals surface area contributed by atoms with Crippen molar-refractivity contribution in [2.75, 3.05) is 11.1 Å². The van der Waals surface area contributed by atoms with Crippen LogP contribution in [0.5, 0.6) is 0 Å². The summed E-state index contributed by atoms with van der Waals surface area (Å²) in [5.41, 5.74) is 7.04. The minimum absolute atomic E-state index is 0.0746. The molecular weight excluding hydrogens is 238 g/mol. The summed E-state index contributed by atoms with van der Waals surface area (Å²) >= 11 is 0. The van der Waals surface area contributed by atoms with Crippen molar-refractivity contribution in [1.82, 2.24) is 9.97 Å². The number of nitrogens with two attached hydrogens (primary N) is 1. The number of aromatic nitrogens is 2. The molecule has 0 saturated heterocycles. The first-order valence-corrected chi connectivity index (χ1v) is 5.33. The van der Waals surface area contributed by atoms with Crippen LogP contribution in [0.2, 0.25) is 0 Å². The molecule has 2 aromatic heterocycles. The van der Waals surface area contributed by atoms with E-state index < -0.39 is 11.6 Å². The second kappa shape index (κ2) is 4.95. The van der Waals surface area contributed by atoms with Gasteiger partial charge in [0.15, 0.2) is 23.3 Å². The quantitative estimate of drug-likeness (QED) is 0.877. The van der Waals surface area contributed by atoms with Crippen LogP contribution in [0, 0.1) is 18.6 Å². The number of halogens is 2. The van der Waals surface area contributed by atoms with Crippen LogP contribution in [0.1, 0.15) is 11.3 Å². The lowest BCUT2D eigenvalue weighted by atomic mass is 10.2. The van der Waals surface area contributed by atoms with Crippen LogP contribution in [0.3, 0.4) is 0 Å². The Morgan fingerprint density at radius 3 is 2.72 bits per heavy atom. The lowest BCUT2D eigenvalue weighted by Gasteiger charge is -2.08. The molecule has 3 N–H and O–H groups in total. The molecule has 0 aromatic carbocycles. The Balaban J connectivity index is 2.10. The average molecular weight is 250 g/mol. The van der Waals surface area contributed by atoms with E-state index in [2.05, 4.69) is 15.3 Å². The molecule has 18 heavy (non-hydrogen) atoms. The summed E-state index contributed by atoms with van der Waals surface area (Å²) in [6, 6.07) is 4.41. The number of aryl methyl sites for hydroxylation is 1. The molecule has 94 valence electrons. The molecule has 0 bridgehead atoms. The van der Waals surface area contributed by atoms with Crippen molar-refractivity contribution in [3.05, 3.63) is 47.3 Å². The number of hydrogen-bond acceptors (Lipinski definition) is 4. The summed E-state index contributed by atoms with van der Waals surface area (Å²) in [5.74, 6) is -2.05. The molecule has 0 fully saturated rings. The summed E-state index contributed by atoms with van der Waals surface area (Å²) in [5, 5.41) is 2.74. The SMILES string of the molecule is Cc1ccc(CNc2nc(N)c(F)cc2F)cn1. The Kier molecular flexibility index (Phi) is 3.36. The monoisotopic (exact) mass is 250 g/mol. The number of hydrogen-bond donors (Lipinski definition) is 2. The van der Waals surface area contributed by atoms with E-state index in [0.29, 0.717) is 12.6 Å². The molecule has 0 aliphatic rings. The number of anilines is 2. The van der Waals surface area contributed by atoms with Crippen LogP contribution < -0.4 is 11.1 Å². The van der Waals surface area contributed by atoms with Gasteiger partial charge in [-0.2, -0.15) is 0 Å². The first-order chi connectivity index (χ1) is 8.56. The summed E-state index contributed by atoms with van der Waals surface area (Å²) in [7, 11) is 0. The second-order valence-corrected chi connectivity index (χ2v) is 3.85. The molecule has 0 aliphatic heterocycles. The van der Waals surface area contributed by atoms with Crippen molar-refractivity contribution in [2.45, 2.75) is 13.5 Å². The first-order valence-electron chi connectivity index (χ1n) is 5.33. The first kappa shape index (κ1) is 12.2. The Bertz CT molecular complexity index is 555. The highest BCUT2D eigenvalue weighted by molar-refractivity contribution is 5.45. The highest BCUT2D eigenvalue weighted by atomic mass is 19.1. The van der Waals surface area contributed by atoms with Crippen LogP contribution in [-0.4, -0.2) is 9.97 Å². The van der Waals surface area contributed by atoms with Crippen molar-refractivity contribution in [1.29, 1.82) is 0 Å². The predicted octanol–water partition coefficient (Wildman–Crippen LogP) is 2.26. The highest BCUT2D eigenvalue weighted by Crippen LogP contribution is 2.17. The van der Waals surface area contributed by atoms with E-state index in [1.807, 2.05) is 19.1 Å². The molecule has 2 aromatic rings. The van der Waals surface area contributed by atoms with Gasteiger partial charge >= 0.3 is 0 Å². The molecule has 0 atom stereocenters. The second-order valence-electron chi connectivity index (χ2n) is 3.85. The van der Waals surface area contributed by atoms with Crippen molar-refractivity contribution in [3.8, 4) is 0 Å². The molecule has 0 spiro atoms. The van der Waals surface area contributed by atoms with Crippen molar-refractivity contribution < 1.29 is 8.78 Å². The number of rotatable bonds is 3. The Hall–Kier alpha value is -2.24. The van der Waals surface area contributed by atoms with Crippen LogP contribution in [-0.2, 0) is 6.54 Å². The minimum atomic E-state index is -0.866. The maximum atomic E-state index is 13.4. The van der Waals surface area contributed by atoms with Gasteiger partial charge in [0.2, 0.25) is 0 Å². The smallest absolute Gasteiger partial charge is 0.168 e. The van der Waals surface area contributed by atoms with Gasteiger partial charge in [0.1, 0.15) is 0 Å². The highest BCUT2D eigenvalue weighted by Gasteiger charge is 2.09. The zero-order chi connectivity index (χ0) is 13.1. The largest absolute Gasteiger partial charge is 0.381 e. The lowest BCUT2D eigenvalue weighted by molar-refractivity contribution is 0.579. The fraction of sp³-hybridized carbons (Fsp3) is 0.167. The van der Waals surface area contributed by atoms with Gasteiger partial charge in [-0.3, -0.25) is 4.98 Å². The molecule has 4 nitrogen and oxygen atoms in total. The summed E-state index contributed by atoms with van der Waals surface area (Å²) < 4.78 is 26.3. The molecule has 0 amide bonds. The van der Waals surface area contributed by atoms with Crippen LogP contribution in [0.15, 0.2) is 24.4 Å². The van der Waals surface area contributed by atoms with E-state index in [0.717, 1.165) is 11.3 Å². The average Bonchev–Trinajstić information content (AvgIpc) is 2.34. The van der Waals surface area contributed by atoms with Gasteiger partial charge in [-0.05, 0) is 18.6 Å². The number of nitrogens with one attached hydrogen (secondary N) is 1. The third-order valence-corrected chi connectivity index (χ3v) is 2.39. The number of nitrogens with zero attached hydrogens (tertiary/aromatic N) is 2. The fourth-order valence-corrected chi connectivity index (χ4v) is 1.39. The summed E-state index contributed by atoms with van der Waals surface area (Å²) in [6.45, 7) is 2.21. The maximum Gasteiger partial charge on any atom is 0.168 e. The van der Waals surface area contributed by atoms with Crippen molar-refractivity contribution in [3.63, 3.8) is 0 Å². The van der Waals surface area contributed by atoms with Crippen molar-refractivity contribution in [2.24, 2.45) is 0 Å². The molecular formula is C12H12F2N4. The molecule has 0 unspecified atom stereocenters. The van der Waals surface area contributed by atoms with Gasteiger partial charge in [0.25, 0.3) is 0 Å². The summed E-state index contributed by atoms with van der Waals surface area (Å²) in [6.07, 6.45) is 1.67. The maximum absolute atomic E-state index is 13.4. The Morgan fingerprint density at radius 2 is 2.06 bits per heavy atom. The van der Waals surface area contributed by atoms with E-state index in [1.54, 1.807) is 6.20 Å². The summed E-state index contributed by atoms with van der Waals surface area (Å²) in [4.78, 5) is 7.71. The van der Waals surface area contributed by atoms with Gasteiger partial charge in [-0.1, -0.05) is 6.07 Å². The molecule has 0 radical (unpaired) electrons. The fourth-order valence-electron chi connectivity index (χ4n) is 1.39. The van der Waals surface area contributed by atoms with E-state index in [9.17, 15) is 8.78 Å².